The fourth-order valence-electron chi connectivity index (χ4n) is 2.19. The molecule has 0 aliphatic rings. The van der Waals surface area contributed by atoms with E-state index in [0.717, 1.165) is 23.4 Å². The summed E-state index contributed by atoms with van der Waals surface area (Å²) < 4.78 is 5.16. The molecule has 1 atom stereocenters. The SMILES string of the molecule is CCC(C(=O)Nc1cccc(OC)c1)c1ccccc1. The van der Waals surface area contributed by atoms with Gasteiger partial charge in [-0.1, -0.05) is 43.3 Å². The third kappa shape index (κ3) is 3.38. The van der Waals surface area contributed by atoms with E-state index >= 15 is 0 Å². The third-order valence-electron chi connectivity index (χ3n) is 3.26. The maximum atomic E-state index is 12.4. The lowest BCUT2D eigenvalue weighted by molar-refractivity contribution is -0.117. The summed E-state index contributed by atoms with van der Waals surface area (Å²) in [4.78, 5) is 12.4. The van der Waals surface area contributed by atoms with Crippen molar-refractivity contribution in [2.75, 3.05) is 12.4 Å². The number of amides is 1. The van der Waals surface area contributed by atoms with Crippen LogP contribution in [0, 0.1) is 0 Å². The Morgan fingerprint density at radius 3 is 2.55 bits per heavy atom. The molecule has 2 aromatic rings. The smallest absolute Gasteiger partial charge is 0.231 e. The Labute approximate surface area is 119 Å². The van der Waals surface area contributed by atoms with Crippen molar-refractivity contribution >= 4 is 11.6 Å². The summed E-state index contributed by atoms with van der Waals surface area (Å²) in [5.74, 6) is 0.602. The Bertz CT molecular complexity index is 566. The van der Waals surface area contributed by atoms with E-state index < -0.39 is 0 Å². The Balaban J connectivity index is 2.13. The van der Waals surface area contributed by atoms with Gasteiger partial charge in [0.25, 0.3) is 0 Å². The second-order valence-corrected chi connectivity index (χ2v) is 4.59. The molecule has 2 rings (SSSR count). The lowest BCUT2D eigenvalue weighted by atomic mass is 9.95. The zero-order valence-electron chi connectivity index (χ0n) is 11.8. The zero-order valence-corrected chi connectivity index (χ0v) is 11.8. The predicted octanol–water partition coefficient (Wildman–Crippen LogP) is 3.83. The van der Waals surface area contributed by atoms with Crippen LogP contribution in [0.5, 0.6) is 5.75 Å². The fourth-order valence-corrected chi connectivity index (χ4v) is 2.19. The minimum atomic E-state index is -0.137. The quantitative estimate of drug-likeness (QED) is 0.896. The highest BCUT2D eigenvalue weighted by molar-refractivity contribution is 5.95. The van der Waals surface area contributed by atoms with Gasteiger partial charge in [-0.15, -0.1) is 0 Å². The molecule has 1 unspecified atom stereocenters. The first kappa shape index (κ1) is 14.1. The standard InChI is InChI=1S/C17H19NO2/c1-3-16(13-8-5-4-6-9-13)17(19)18-14-10-7-11-15(12-14)20-2/h4-12,16H,3H2,1-2H3,(H,18,19). The normalized spacial score (nSPS) is 11.7. The van der Waals surface area contributed by atoms with Crippen LogP contribution >= 0.6 is 0 Å². The van der Waals surface area contributed by atoms with Crippen LogP contribution in [0.3, 0.4) is 0 Å². The van der Waals surface area contributed by atoms with Gasteiger partial charge in [0.05, 0.1) is 13.0 Å². The van der Waals surface area contributed by atoms with Gasteiger partial charge < -0.3 is 10.1 Å². The molecule has 0 spiro atoms. The molecule has 0 saturated heterocycles. The first-order valence-electron chi connectivity index (χ1n) is 6.74. The van der Waals surface area contributed by atoms with Crippen LogP contribution in [0.15, 0.2) is 54.6 Å². The molecule has 0 saturated carbocycles. The van der Waals surface area contributed by atoms with E-state index in [4.69, 9.17) is 4.74 Å². The summed E-state index contributed by atoms with van der Waals surface area (Å²) in [6.45, 7) is 2.02. The van der Waals surface area contributed by atoms with Gasteiger partial charge in [-0.2, -0.15) is 0 Å². The molecule has 0 radical (unpaired) electrons. The maximum Gasteiger partial charge on any atom is 0.231 e. The lowest BCUT2D eigenvalue weighted by Gasteiger charge is -2.15. The zero-order chi connectivity index (χ0) is 14.4. The number of benzene rings is 2. The number of anilines is 1. The van der Waals surface area contributed by atoms with Gasteiger partial charge in [-0.3, -0.25) is 4.79 Å². The first-order chi connectivity index (χ1) is 9.74. The van der Waals surface area contributed by atoms with Crippen LogP contribution in [0.1, 0.15) is 24.8 Å². The number of methoxy groups -OCH3 is 1. The van der Waals surface area contributed by atoms with Crippen LogP contribution in [-0.4, -0.2) is 13.0 Å². The molecule has 0 aromatic heterocycles. The van der Waals surface area contributed by atoms with Crippen molar-refractivity contribution in [2.45, 2.75) is 19.3 Å². The van der Waals surface area contributed by atoms with Crippen LogP contribution in [-0.2, 0) is 4.79 Å². The first-order valence-corrected chi connectivity index (χ1v) is 6.74. The highest BCUT2D eigenvalue weighted by Gasteiger charge is 2.18. The van der Waals surface area contributed by atoms with Crippen molar-refractivity contribution in [1.82, 2.24) is 0 Å². The molecular weight excluding hydrogens is 250 g/mol. The molecule has 3 heteroatoms. The van der Waals surface area contributed by atoms with E-state index in [-0.39, 0.29) is 11.8 Å². The van der Waals surface area contributed by atoms with Crippen LogP contribution < -0.4 is 10.1 Å². The van der Waals surface area contributed by atoms with E-state index in [0.29, 0.717) is 0 Å². The summed E-state index contributed by atoms with van der Waals surface area (Å²) in [6, 6.07) is 17.2. The molecule has 2 aromatic carbocycles. The minimum absolute atomic E-state index is 0.00644. The summed E-state index contributed by atoms with van der Waals surface area (Å²) in [5.41, 5.74) is 1.79. The molecule has 0 aliphatic heterocycles. The van der Waals surface area contributed by atoms with Gasteiger partial charge in [0.2, 0.25) is 5.91 Å². The number of carbonyl (C=O) groups excluding carboxylic acids is 1. The third-order valence-corrected chi connectivity index (χ3v) is 3.26. The Morgan fingerprint density at radius 1 is 1.15 bits per heavy atom. The molecule has 1 N–H and O–H groups in total. The average Bonchev–Trinajstić information content (AvgIpc) is 2.49. The number of hydrogen-bond acceptors (Lipinski definition) is 2. The fraction of sp³-hybridized carbons (Fsp3) is 0.235. The van der Waals surface area contributed by atoms with Gasteiger partial charge in [-0.05, 0) is 24.1 Å². The number of nitrogens with one attached hydrogen (secondary N) is 1. The Hall–Kier alpha value is -2.29. The summed E-state index contributed by atoms with van der Waals surface area (Å²) in [6.07, 6.45) is 0.764. The van der Waals surface area contributed by atoms with Crippen molar-refractivity contribution in [3.8, 4) is 5.75 Å². The average molecular weight is 269 g/mol. The molecule has 1 amide bonds. The van der Waals surface area contributed by atoms with E-state index in [1.807, 2.05) is 61.5 Å². The number of rotatable bonds is 5. The number of ether oxygens (including phenoxy) is 1. The molecular formula is C17H19NO2. The van der Waals surface area contributed by atoms with Crippen LogP contribution in [0.25, 0.3) is 0 Å². The maximum absolute atomic E-state index is 12.4. The van der Waals surface area contributed by atoms with Gasteiger partial charge in [0.15, 0.2) is 0 Å². The topological polar surface area (TPSA) is 38.3 Å². The molecule has 0 aliphatic carbocycles. The van der Waals surface area contributed by atoms with Gasteiger partial charge in [0, 0.05) is 11.8 Å². The van der Waals surface area contributed by atoms with Gasteiger partial charge in [-0.25, -0.2) is 0 Å². The van der Waals surface area contributed by atoms with Crippen molar-refractivity contribution < 1.29 is 9.53 Å². The molecule has 104 valence electrons. The molecule has 0 bridgehead atoms. The lowest BCUT2D eigenvalue weighted by Crippen LogP contribution is -2.20. The van der Waals surface area contributed by atoms with E-state index in [1.165, 1.54) is 0 Å². The highest BCUT2D eigenvalue weighted by Crippen LogP contribution is 2.23. The molecule has 0 fully saturated rings. The predicted molar refractivity (Wildman–Crippen MR) is 81.1 cm³/mol. The second kappa shape index (κ2) is 6.75. The van der Waals surface area contributed by atoms with Crippen molar-refractivity contribution in [2.24, 2.45) is 0 Å². The minimum Gasteiger partial charge on any atom is -0.497 e. The number of hydrogen-bond donors (Lipinski definition) is 1. The number of carbonyl (C=O) groups is 1. The molecule has 20 heavy (non-hydrogen) atoms. The Morgan fingerprint density at radius 2 is 1.90 bits per heavy atom. The van der Waals surface area contributed by atoms with Crippen LogP contribution in [0.2, 0.25) is 0 Å². The van der Waals surface area contributed by atoms with Crippen molar-refractivity contribution in [3.63, 3.8) is 0 Å². The van der Waals surface area contributed by atoms with E-state index in [9.17, 15) is 4.79 Å². The monoisotopic (exact) mass is 269 g/mol. The summed E-state index contributed by atoms with van der Waals surface area (Å²) in [5, 5.41) is 2.95. The van der Waals surface area contributed by atoms with E-state index in [2.05, 4.69) is 5.32 Å². The Kier molecular flexibility index (Phi) is 4.77. The highest BCUT2D eigenvalue weighted by atomic mass is 16.5. The second-order valence-electron chi connectivity index (χ2n) is 4.59. The molecule has 3 nitrogen and oxygen atoms in total. The van der Waals surface area contributed by atoms with Crippen molar-refractivity contribution in [3.05, 3.63) is 60.2 Å². The van der Waals surface area contributed by atoms with Crippen molar-refractivity contribution in [1.29, 1.82) is 0 Å². The van der Waals surface area contributed by atoms with Crippen LogP contribution in [0.4, 0.5) is 5.69 Å². The van der Waals surface area contributed by atoms with Gasteiger partial charge >= 0.3 is 0 Å². The summed E-state index contributed by atoms with van der Waals surface area (Å²) >= 11 is 0. The molecule has 0 heterocycles. The van der Waals surface area contributed by atoms with Gasteiger partial charge in [0.1, 0.15) is 5.75 Å². The largest absolute Gasteiger partial charge is 0.497 e. The van der Waals surface area contributed by atoms with E-state index in [1.54, 1.807) is 7.11 Å². The summed E-state index contributed by atoms with van der Waals surface area (Å²) in [7, 11) is 1.61.